The van der Waals surface area contributed by atoms with Crippen LogP contribution in [0.25, 0.3) is 21.5 Å². The summed E-state index contributed by atoms with van der Waals surface area (Å²) in [5.41, 5.74) is -2.36. The summed E-state index contributed by atoms with van der Waals surface area (Å²) in [5, 5.41) is 5.32. The van der Waals surface area contributed by atoms with Crippen molar-refractivity contribution in [1.29, 1.82) is 0 Å². The summed E-state index contributed by atoms with van der Waals surface area (Å²) in [6.45, 7) is 0. The summed E-state index contributed by atoms with van der Waals surface area (Å²) < 4.78 is 71.5. The average Bonchev–Trinajstić information content (AvgIpc) is 3.43. The smallest absolute Gasteiger partial charge is 0.179 e. The molecule has 0 spiro atoms. The number of benzene rings is 3. The van der Waals surface area contributed by atoms with E-state index in [9.17, 15) is 26.3 Å². The third kappa shape index (κ3) is 7.62. The number of hydrogen-bond acceptors (Lipinski definition) is 0. The van der Waals surface area contributed by atoms with E-state index in [2.05, 4.69) is 84.9 Å². The van der Waals surface area contributed by atoms with Gasteiger partial charge in [-0.05, 0) is 0 Å². The van der Waals surface area contributed by atoms with E-state index in [-0.39, 0.29) is 27.8 Å². The second kappa shape index (κ2) is 11.3. The number of rotatable bonds is 0. The van der Waals surface area contributed by atoms with Crippen LogP contribution in [0.2, 0.25) is 0 Å². The normalized spacial score (nSPS) is 11.1. The Balaban J connectivity index is 0.000000178. The topological polar surface area (TPSA) is 0 Å². The second-order valence-electron chi connectivity index (χ2n) is 6.80. The molecule has 0 aliphatic carbocycles. The molecule has 0 heterocycles. The fourth-order valence-electron chi connectivity index (χ4n) is 2.92. The van der Waals surface area contributed by atoms with Gasteiger partial charge < -0.3 is 0 Å². The van der Waals surface area contributed by atoms with Crippen LogP contribution in [0.5, 0.6) is 0 Å². The Morgan fingerprint density at radius 2 is 1.06 bits per heavy atom. The van der Waals surface area contributed by atoms with Crippen molar-refractivity contribution in [2.45, 2.75) is 12.4 Å². The predicted molar refractivity (Wildman–Crippen MR) is 114 cm³/mol. The molecule has 5 aromatic rings. The van der Waals surface area contributed by atoms with Crippen molar-refractivity contribution in [2.75, 3.05) is 0 Å². The van der Waals surface area contributed by atoms with E-state index < -0.39 is 23.5 Å². The minimum absolute atomic E-state index is 0. The molecular formula is C26H17F6Ti. The van der Waals surface area contributed by atoms with E-state index >= 15 is 0 Å². The minimum Gasteiger partial charge on any atom is -0.179 e. The molecule has 7 heteroatoms. The van der Waals surface area contributed by atoms with Crippen LogP contribution in [0.3, 0.4) is 0 Å². The van der Waals surface area contributed by atoms with E-state index in [1.165, 1.54) is 27.6 Å². The monoisotopic (exact) mass is 491 g/mol. The van der Waals surface area contributed by atoms with E-state index in [0.29, 0.717) is 12.1 Å². The standard InChI is InChI=1S/2C9H7.C8H3F6.Ti/c2*1-2-5-9-7-3-6-8(9)4-1;9-7(10,11)5-1-2-6(4-3-5)8(12,13)14;/h2*1-7H;1-3H;/q3*-1;+3. The zero-order valence-corrected chi connectivity index (χ0v) is 18.6. The number of halogens is 6. The van der Waals surface area contributed by atoms with Gasteiger partial charge in [0, 0.05) is 0 Å². The molecule has 0 saturated carbocycles. The third-order valence-corrected chi connectivity index (χ3v) is 4.54. The first-order valence-corrected chi connectivity index (χ1v) is 9.51. The molecule has 0 amide bonds. The molecule has 33 heavy (non-hydrogen) atoms. The molecule has 0 aliphatic rings. The van der Waals surface area contributed by atoms with Crippen molar-refractivity contribution in [3.8, 4) is 0 Å². The van der Waals surface area contributed by atoms with Gasteiger partial charge in [0.15, 0.2) is 0 Å². The van der Waals surface area contributed by atoms with Crippen LogP contribution < -0.4 is 0 Å². The van der Waals surface area contributed by atoms with Crippen molar-refractivity contribution in [1.82, 2.24) is 0 Å². The molecule has 167 valence electrons. The molecule has 1 radical (unpaired) electrons. The zero-order chi connectivity index (χ0) is 23.2. The van der Waals surface area contributed by atoms with E-state index in [0.717, 1.165) is 0 Å². The molecule has 0 N–H and O–H groups in total. The van der Waals surface area contributed by atoms with E-state index in [4.69, 9.17) is 0 Å². The van der Waals surface area contributed by atoms with Crippen molar-refractivity contribution in [3.63, 3.8) is 0 Å². The first-order chi connectivity index (χ1) is 15.1. The Labute approximate surface area is 202 Å². The number of fused-ring (bicyclic) bond motifs is 2. The molecule has 0 atom stereocenters. The Kier molecular flexibility index (Phi) is 9.09. The van der Waals surface area contributed by atoms with Crippen molar-refractivity contribution < 1.29 is 48.1 Å². The fraction of sp³-hybridized carbons (Fsp3) is 0.0769. The summed E-state index contributed by atoms with van der Waals surface area (Å²) in [7, 11) is 0. The van der Waals surface area contributed by atoms with Gasteiger partial charge in [-0.25, -0.2) is 0 Å². The Morgan fingerprint density at radius 3 is 1.42 bits per heavy atom. The average molecular weight is 491 g/mol. The van der Waals surface area contributed by atoms with Crippen molar-refractivity contribution >= 4 is 21.5 Å². The third-order valence-electron chi connectivity index (χ3n) is 4.54. The molecule has 5 aromatic carbocycles. The first kappa shape index (κ1) is 26.4. The van der Waals surface area contributed by atoms with Gasteiger partial charge in [0.2, 0.25) is 0 Å². The molecular weight excluding hydrogens is 474 g/mol. The molecule has 0 unspecified atom stereocenters. The predicted octanol–water partition coefficient (Wildman–Crippen LogP) is 8.64. The van der Waals surface area contributed by atoms with Crippen LogP contribution in [0.4, 0.5) is 26.3 Å². The van der Waals surface area contributed by atoms with Gasteiger partial charge in [0.05, 0.1) is 0 Å². The summed E-state index contributed by atoms with van der Waals surface area (Å²) in [4.78, 5) is 0. The van der Waals surface area contributed by atoms with Crippen LogP contribution in [0.15, 0.2) is 103 Å². The minimum atomic E-state index is -4.66. The summed E-state index contributed by atoms with van der Waals surface area (Å²) in [6.07, 6.45) is -9.30. The van der Waals surface area contributed by atoms with Gasteiger partial charge in [0.1, 0.15) is 0 Å². The maximum Gasteiger partial charge on any atom is 3.00 e. The van der Waals surface area contributed by atoms with Crippen molar-refractivity contribution in [3.05, 3.63) is 120 Å². The zero-order valence-electron chi connectivity index (χ0n) is 17.1. The Morgan fingerprint density at radius 1 is 0.576 bits per heavy atom. The van der Waals surface area contributed by atoms with Gasteiger partial charge in [-0.15, -0.1) is 59.3 Å². The van der Waals surface area contributed by atoms with Gasteiger partial charge in [-0.1, -0.05) is 23.3 Å². The van der Waals surface area contributed by atoms with Gasteiger partial charge in [-0.3, -0.25) is 0 Å². The Hall–Kier alpha value is -2.83. The molecule has 0 aliphatic heterocycles. The second-order valence-corrected chi connectivity index (χ2v) is 6.80. The summed E-state index contributed by atoms with van der Waals surface area (Å²) in [5.74, 6) is 0. The van der Waals surface area contributed by atoms with Crippen molar-refractivity contribution in [2.24, 2.45) is 0 Å². The summed E-state index contributed by atoms with van der Waals surface area (Å²) in [6, 6.07) is 31.9. The molecule has 0 fully saturated rings. The molecule has 0 aromatic heterocycles. The van der Waals surface area contributed by atoms with E-state index in [1.54, 1.807) is 0 Å². The van der Waals surface area contributed by atoms with Crippen LogP contribution >= 0.6 is 0 Å². The SMILES string of the molecule is FC(F)(F)c1[c-]cc(C(F)(F)F)cc1.[Ti+3].c1ccc2[cH-]ccc2c1.c1ccc2[cH-]ccc2c1. The Bertz CT molecular complexity index is 1080. The molecule has 5 rings (SSSR count). The molecule has 0 saturated heterocycles. The van der Waals surface area contributed by atoms with Gasteiger partial charge in [-0.2, -0.15) is 85.6 Å². The van der Waals surface area contributed by atoms with Crippen LogP contribution in [-0.2, 0) is 34.1 Å². The van der Waals surface area contributed by atoms with Crippen LogP contribution in [0.1, 0.15) is 11.1 Å². The van der Waals surface area contributed by atoms with E-state index in [1.807, 2.05) is 0 Å². The molecule has 0 nitrogen and oxygen atoms in total. The maximum atomic E-state index is 11.9. The number of alkyl halides is 6. The largest absolute Gasteiger partial charge is 3.00 e. The van der Waals surface area contributed by atoms with Crippen LogP contribution in [-0.4, -0.2) is 0 Å². The molecule has 0 bridgehead atoms. The fourth-order valence-corrected chi connectivity index (χ4v) is 2.92. The van der Waals surface area contributed by atoms with Crippen LogP contribution in [0, 0.1) is 6.07 Å². The quantitative estimate of drug-likeness (QED) is 0.116. The first-order valence-electron chi connectivity index (χ1n) is 9.51. The number of hydrogen-bond donors (Lipinski definition) is 0. The van der Waals surface area contributed by atoms with Gasteiger partial charge >= 0.3 is 34.1 Å². The summed E-state index contributed by atoms with van der Waals surface area (Å²) >= 11 is 0. The maximum absolute atomic E-state index is 11.9. The van der Waals surface area contributed by atoms with Gasteiger partial charge in [0.25, 0.3) is 0 Å².